The first kappa shape index (κ1) is 26.7. The van der Waals surface area contributed by atoms with E-state index in [-0.39, 0.29) is 18.0 Å². The summed E-state index contributed by atoms with van der Waals surface area (Å²) in [6.45, 7) is 9.09. The predicted molar refractivity (Wildman–Crippen MR) is 152 cm³/mol. The number of aromatic amines is 1. The zero-order valence-electron chi connectivity index (χ0n) is 22.9. The van der Waals surface area contributed by atoms with Crippen LogP contribution in [0.5, 0.6) is 0 Å². The number of pyridine rings is 1. The minimum absolute atomic E-state index is 0.111. The average Bonchev–Trinajstić information content (AvgIpc) is 2.93. The van der Waals surface area contributed by atoms with Crippen LogP contribution in [0.2, 0.25) is 0 Å². The standard InChI is InChI=1S/C31H42N4O3/c1-3-35(25-14-12-24(13-15-25)34-16-18-38-19-17-34)29-11-7-10-27-26(29)9-6-4-5-8-23-20-22(2)33-31(37)28(23)21-32-30(27)36/h4,6-7,10-11,20,24-25H,3,5,8-9,12-19,21H2,1-2H3,(H,32,36)(H,33,37)/t24-,25-. The number of morpholine rings is 1. The van der Waals surface area contributed by atoms with E-state index >= 15 is 0 Å². The molecular weight excluding hydrogens is 476 g/mol. The normalized spacial score (nSPS) is 22.9. The second-order valence-electron chi connectivity index (χ2n) is 10.9. The van der Waals surface area contributed by atoms with Gasteiger partial charge in [0.2, 0.25) is 0 Å². The van der Waals surface area contributed by atoms with E-state index in [1.165, 1.54) is 31.4 Å². The summed E-state index contributed by atoms with van der Waals surface area (Å²) >= 11 is 0. The fourth-order valence-electron chi connectivity index (χ4n) is 6.60. The van der Waals surface area contributed by atoms with Crippen molar-refractivity contribution in [1.82, 2.24) is 15.2 Å². The van der Waals surface area contributed by atoms with Crippen LogP contribution in [0.4, 0.5) is 5.69 Å². The quantitative estimate of drug-likeness (QED) is 0.596. The van der Waals surface area contributed by atoms with Crippen LogP contribution in [0.25, 0.3) is 0 Å². The number of carbonyl (C=O) groups is 1. The van der Waals surface area contributed by atoms with Crippen LogP contribution in [0.15, 0.2) is 41.2 Å². The van der Waals surface area contributed by atoms with Crippen molar-refractivity contribution in [3.8, 4) is 0 Å². The molecule has 7 nitrogen and oxygen atoms in total. The van der Waals surface area contributed by atoms with Crippen LogP contribution < -0.4 is 15.8 Å². The SMILES string of the molecule is CCN(c1cccc2c1CC=CCCc1cc(C)[nH]c(=O)c1CNC2=O)[C@H]1CC[C@H](N2CCOCC2)CC1. The van der Waals surface area contributed by atoms with Gasteiger partial charge in [0, 0.05) is 60.8 Å². The number of aromatic nitrogens is 1. The molecule has 1 amide bonds. The Balaban J connectivity index is 1.38. The molecule has 0 unspecified atom stereocenters. The number of nitrogens with one attached hydrogen (secondary N) is 2. The molecule has 2 aliphatic heterocycles. The second kappa shape index (κ2) is 12.3. The van der Waals surface area contributed by atoms with Gasteiger partial charge >= 0.3 is 0 Å². The summed E-state index contributed by atoms with van der Waals surface area (Å²) < 4.78 is 5.56. The lowest BCUT2D eigenvalue weighted by atomic mass is 9.88. The van der Waals surface area contributed by atoms with Crippen molar-refractivity contribution in [3.05, 3.63) is 74.7 Å². The molecule has 2 fully saturated rings. The largest absolute Gasteiger partial charge is 0.379 e. The lowest BCUT2D eigenvalue weighted by molar-refractivity contribution is 0.00730. The molecule has 1 aliphatic carbocycles. The molecule has 7 heteroatoms. The highest BCUT2D eigenvalue weighted by Crippen LogP contribution is 2.33. The smallest absolute Gasteiger partial charge is 0.253 e. The molecule has 1 saturated carbocycles. The molecule has 3 aliphatic rings. The van der Waals surface area contributed by atoms with Gasteiger partial charge in [-0.15, -0.1) is 0 Å². The number of ether oxygens (including phenoxy) is 1. The number of hydrogen-bond acceptors (Lipinski definition) is 5. The van der Waals surface area contributed by atoms with Crippen LogP contribution in [0.1, 0.15) is 71.8 Å². The highest BCUT2D eigenvalue weighted by molar-refractivity contribution is 5.97. The van der Waals surface area contributed by atoms with Crippen LogP contribution in [0, 0.1) is 6.92 Å². The summed E-state index contributed by atoms with van der Waals surface area (Å²) in [5, 5.41) is 3.06. The van der Waals surface area contributed by atoms with E-state index in [0.717, 1.165) is 68.9 Å². The number of carbonyl (C=O) groups excluding carboxylic acids is 1. The molecule has 38 heavy (non-hydrogen) atoms. The van der Waals surface area contributed by atoms with Crippen molar-refractivity contribution < 1.29 is 9.53 Å². The van der Waals surface area contributed by atoms with Gasteiger partial charge in [-0.05, 0) is 88.1 Å². The topological polar surface area (TPSA) is 77.7 Å². The van der Waals surface area contributed by atoms with Gasteiger partial charge in [0.1, 0.15) is 0 Å². The third-order valence-electron chi connectivity index (χ3n) is 8.57. The van der Waals surface area contributed by atoms with Crippen LogP contribution in [-0.4, -0.2) is 60.7 Å². The monoisotopic (exact) mass is 518 g/mol. The molecule has 0 atom stereocenters. The molecule has 0 bridgehead atoms. The van der Waals surface area contributed by atoms with Crippen molar-refractivity contribution in [2.75, 3.05) is 37.7 Å². The highest BCUT2D eigenvalue weighted by atomic mass is 16.5. The van der Waals surface area contributed by atoms with Crippen molar-refractivity contribution >= 4 is 11.6 Å². The van der Waals surface area contributed by atoms with Gasteiger partial charge in [-0.25, -0.2) is 0 Å². The van der Waals surface area contributed by atoms with Gasteiger partial charge in [0.05, 0.1) is 13.2 Å². The van der Waals surface area contributed by atoms with Crippen molar-refractivity contribution in [2.45, 2.75) is 77.4 Å². The first-order chi connectivity index (χ1) is 18.5. The molecule has 0 radical (unpaired) electrons. The summed E-state index contributed by atoms with van der Waals surface area (Å²) in [5.41, 5.74) is 5.36. The van der Waals surface area contributed by atoms with Crippen molar-refractivity contribution in [1.29, 1.82) is 0 Å². The van der Waals surface area contributed by atoms with Crippen LogP contribution >= 0.6 is 0 Å². The molecule has 3 heterocycles. The minimum Gasteiger partial charge on any atom is -0.379 e. The lowest BCUT2D eigenvalue weighted by Crippen LogP contribution is -2.48. The molecule has 5 rings (SSSR count). The number of aryl methyl sites for hydroxylation is 2. The maximum absolute atomic E-state index is 13.5. The first-order valence-corrected chi connectivity index (χ1v) is 14.4. The molecule has 1 aromatic heterocycles. The van der Waals surface area contributed by atoms with Gasteiger partial charge in [-0.1, -0.05) is 18.2 Å². The number of anilines is 1. The Morgan fingerprint density at radius 2 is 1.84 bits per heavy atom. The lowest BCUT2D eigenvalue weighted by Gasteiger charge is -2.43. The van der Waals surface area contributed by atoms with Crippen LogP contribution in [0.3, 0.4) is 0 Å². The van der Waals surface area contributed by atoms with Gasteiger partial charge < -0.3 is 19.9 Å². The van der Waals surface area contributed by atoms with E-state index in [9.17, 15) is 9.59 Å². The van der Waals surface area contributed by atoms with E-state index in [1.807, 2.05) is 25.1 Å². The minimum atomic E-state index is -0.117. The van der Waals surface area contributed by atoms with Crippen LogP contribution in [-0.2, 0) is 24.1 Å². The number of allylic oxidation sites excluding steroid dienone is 2. The van der Waals surface area contributed by atoms with Gasteiger partial charge in [0.25, 0.3) is 11.5 Å². The summed E-state index contributed by atoms with van der Waals surface area (Å²) in [5.74, 6) is -0.117. The number of fused-ring (bicyclic) bond motifs is 2. The third-order valence-corrected chi connectivity index (χ3v) is 8.57. The fourth-order valence-corrected chi connectivity index (χ4v) is 6.60. The molecule has 1 aromatic carbocycles. The Morgan fingerprint density at radius 1 is 1.05 bits per heavy atom. The summed E-state index contributed by atoms with van der Waals surface area (Å²) in [4.78, 5) is 34.2. The van der Waals surface area contributed by atoms with Gasteiger partial charge in [-0.2, -0.15) is 0 Å². The Bertz CT molecular complexity index is 1210. The molecule has 1 saturated heterocycles. The Kier molecular flexibility index (Phi) is 8.65. The average molecular weight is 519 g/mol. The number of benzene rings is 1. The van der Waals surface area contributed by atoms with Gasteiger partial charge in [0.15, 0.2) is 0 Å². The van der Waals surface area contributed by atoms with E-state index in [0.29, 0.717) is 23.2 Å². The number of nitrogens with zero attached hydrogens (tertiary/aromatic N) is 2. The van der Waals surface area contributed by atoms with Crippen molar-refractivity contribution in [3.63, 3.8) is 0 Å². The molecule has 2 N–H and O–H groups in total. The third kappa shape index (κ3) is 5.89. The number of amides is 1. The number of H-pyrrole nitrogens is 1. The maximum atomic E-state index is 13.5. The summed E-state index contributed by atoms with van der Waals surface area (Å²) in [7, 11) is 0. The zero-order valence-corrected chi connectivity index (χ0v) is 22.9. The zero-order chi connectivity index (χ0) is 26.5. The van der Waals surface area contributed by atoms with E-state index in [4.69, 9.17) is 4.74 Å². The number of rotatable bonds is 4. The molecule has 2 aromatic rings. The number of hydrogen-bond donors (Lipinski definition) is 2. The fraction of sp³-hybridized carbons (Fsp3) is 0.548. The highest BCUT2D eigenvalue weighted by Gasteiger charge is 2.30. The van der Waals surface area contributed by atoms with Gasteiger partial charge in [-0.3, -0.25) is 14.5 Å². The molecular formula is C31H42N4O3. The maximum Gasteiger partial charge on any atom is 0.253 e. The van der Waals surface area contributed by atoms with E-state index < -0.39 is 0 Å². The predicted octanol–water partition coefficient (Wildman–Crippen LogP) is 4.13. The Labute approximate surface area is 226 Å². The Morgan fingerprint density at radius 3 is 2.61 bits per heavy atom. The second-order valence-corrected chi connectivity index (χ2v) is 10.9. The Hall–Kier alpha value is -2.90. The summed E-state index contributed by atoms with van der Waals surface area (Å²) in [6, 6.07) is 9.29. The van der Waals surface area contributed by atoms with E-state index in [1.54, 1.807) is 0 Å². The first-order valence-electron chi connectivity index (χ1n) is 14.4. The summed E-state index contributed by atoms with van der Waals surface area (Å²) in [6.07, 6.45) is 11.5. The molecule has 204 valence electrons. The van der Waals surface area contributed by atoms with E-state index in [2.05, 4.69) is 45.2 Å². The van der Waals surface area contributed by atoms with Crippen molar-refractivity contribution in [2.24, 2.45) is 0 Å². The molecule has 0 spiro atoms.